The summed E-state index contributed by atoms with van der Waals surface area (Å²) in [6.07, 6.45) is 0. The van der Waals surface area contributed by atoms with Crippen molar-refractivity contribution in [1.82, 2.24) is 14.8 Å². The number of rotatable bonds is 2. The van der Waals surface area contributed by atoms with Crippen LogP contribution in [-0.2, 0) is 4.79 Å². The molecule has 0 bridgehead atoms. The molecule has 2 aliphatic heterocycles. The van der Waals surface area contributed by atoms with E-state index in [1.54, 1.807) is 13.0 Å². The summed E-state index contributed by atoms with van der Waals surface area (Å²) >= 11 is 1.43. The van der Waals surface area contributed by atoms with Crippen molar-refractivity contribution in [2.45, 2.75) is 26.8 Å². The Labute approximate surface area is 161 Å². The Bertz CT molecular complexity index is 912. The lowest BCUT2D eigenvalue weighted by molar-refractivity contribution is -0.130. The van der Waals surface area contributed by atoms with Crippen molar-refractivity contribution < 1.29 is 14.0 Å². The second-order valence-corrected chi connectivity index (χ2v) is 8.66. The summed E-state index contributed by atoms with van der Waals surface area (Å²) < 4.78 is 13.8. The molecule has 1 aromatic heterocycles. The van der Waals surface area contributed by atoms with Gasteiger partial charge in [0.05, 0.1) is 16.7 Å². The van der Waals surface area contributed by atoms with Crippen LogP contribution >= 0.6 is 11.3 Å². The molecule has 5 nitrogen and oxygen atoms in total. The number of nitrogens with zero attached hydrogens (tertiary/aromatic N) is 3. The average Bonchev–Trinajstić information content (AvgIpc) is 3.25. The van der Waals surface area contributed by atoms with E-state index >= 15 is 0 Å². The van der Waals surface area contributed by atoms with Gasteiger partial charge in [-0.05, 0) is 31.5 Å². The van der Waals surface area contributed by atoms with Crippen LogP contribution in [0.2, 0.25) is 0 Å². The number of hydrogen-bond donors (Lipinski definition) is 0. The topological polar surface area (TPSA) is 53.5 Å². The predicted octanol–water partition coefficient (Wildman–Crippen LogP) is 3.19. The third-order valence-electron chi connectivity index (χ3n) is 5.64. The largest absolute Gasteiger partial charge is 0.337 e. The van der Waals surface area contributed by atoms with Gasteiger partial charge < -0.3 is 9.80 Å². The molecule has 2 aromatic rings. The highest BCUT2D eigenvalue weighted by atomic mass is 32.1. The molecule has 1 aromatic carbocycles. The number of thiazole rings is 1. The van der Waals surface area contributed by atoms with E-state index in [2.05, 4.69) is 4.98 Å². The van der Waals surface area contributed by atoms with Crippen LogP contribution in [0.4, 0.5) is 4.39 Å². The van der Waals surface area contributed by atoms with Crippen LogP contribution in [0.25, 0.3) is 0 Å². The molecule has 0 N–H and O–H groups in total. The van der Waals surface area contributed by atoms with Crippen molar-refractivity contribution >= 4 is 23.2 Å². The van der Waals surface area contributed by atoms with Crippen LogP contribution < -0.4 is 0 Å². The van der Waals surface area contributed by atoms with Crippen molar-refractivity contribution in [2.75, 3.05) is 19.6 Å². The Balaban J connectivity index is 1.61. The highest BCUT2D eigenvalue weighted by molar-refractivity contribution is 7.13. The summed E-state index contributed by atoms with van der Waals surface area (Å²) in [7, 11) is 0. The highest BCUT2D eigenvalue weighted by Gasteiger charge is 2.49. The van der Waals surface area contributed by atoms with Crippen LogP contribution in [0, 0.1) is 31.5 Å². The third-order valence-corrected chi connectivity index (χ3v) is 6.70. The second kappa shape index (κ2) is 6.71. The first-order chi connectivity index (χ1) is 12.8. The maximum absolute atomic E-state index is 13.8. The molecule has 0 spiro atoms. The van der Waals surface area contributed by atoms with Crippen LogP contribution in [0.15, 0.2) is 24.3 Å². The number of amides is 2. The maximum atomic E-state index is 13.8. The van der Waals surface area contributed by atoms with Gasteiger partial charge in [0.1, 0.15) is 10.7 Å². The fourth-order valence-electron chi connectivity index (χ4n) is 4.53. The summed E-state index contributed by atoms with van der Waals surface area (Å²) in [6, 6.07) is 6.27. The van der Waals surface area contributed by atoms with Crippen molar-refractivity contribution in [1.29, 1.82) is 0 Å². The summed E-state index contributed by atoms with van der Waals surface area (Å²) in [5.41, 5.74) is 1.57. The van der Waals surface area contributed by atoms with Crippen LogP contribution in [-0.4, -0.2) is 46.2 Å². The smallest absolute Gasteiger partial charge is 0.265 e. The van der Waals surface area contributed by atoms with E-state index in [0.717, 1.165) is 16.3 Å². The van der Waals surface area contributed by atoms with Crippen molar-refractivity contribution in [3.05, 3.63) is 51.2 Å². The van der Waals surface area contributed by atoms with Crippen LogP contribution in [0.3, 0.4) is 0 Å². The Kier molecular flexibility index (Phi) is 4.50. The number of carbonyl (C=O) groups is 2. The molecular formula is C20H22FN3O2S. The molecule has 0 saturated carbocycles. The van der Waals surface area contributed by atoms with Crippen molar-refractivity contribution in [2.24, 2.45) is 11.8 Å². The van der Waals surface area contributed by atoms with Gasteiger partial charge in [0.15, 0.2) is 0 Å². The van der Waals surface area contributed by atoms with Crippen molar-refractivity contribution in [3.8, 4) is 0 Å². The molecule has 3 atom stereocenters. The number of aryl methyl sites for hydroxylation is 2. The number of benzene rings is 1. The zero-order valence-electron chi connectivity index (χ0n) is 15.6. The van der Waals surface area contributed by atoms with E-state index in [1.807, 2.05) is 29.7 Å². The van der Waals surface area contributed by atoms with Crippen LogP contribution in [0.5, 0.6) is 0 Å². The molecule has 27 heavy (non-hydrogen) atoms. The van der Waals surface area contributed by atoms with E-state index in [1.165, 1.54) is 23.5 Å². The lowest BCUT2D eigenvalue weighted by Gasteiger charge is -2.29. The zero-order chi connectivity index (χ0) is 19.3. The molecular weight excluding hydrogens is 365 g/mol. The third kappa shape index (κ3) is 3.14. The normalized spacial score (nSPS) is 24.4. The van der Waals surface area contributed by atoms with Gasteiger partial charge in [0.2, 0.25) is 5.91 Å². The van der Waals surface area contributed by atoms with Gasteiger partial charge in [-0.2, -0.15) is 0 Å². The standard InChI is InChI=1S/C20H22FN3O2S/c1-11-19(27-12(2)22-11)20(26)23-8-15-9-24(13(3)25)18(17(15)10-23)14-5-4-6-16(21)7-14/h4-7,15,17-18H,8-10H2,1-3H3/t15-,17-,18-/m1/s1. The molecule has 2 fully saturated rings. The van der Waals surface area contributed by atoms with E-state index in [-0.39, 0.29) is 35.5 Å². The quantitative estimate of drug-likeness (QED) is 0.795. The number of carbonyl (C=O) groups excluding carboxylic acids is 2. The predicted molar refractivity (Wildman–Crippen MR) is 101 cm³/mol. The lowest BCUT2D eigenvalue weighted by atomic mass is 9.89. The van der Waals surface area contributed by atoms with E-state index in [9.17, 15) is 14.0 Å². The molecule has 2 saturated heterocycles. The lowest BCUT2D eigenvalue weighted by Crippen LogP contribution is -2.36. The van der Waals surface area contributed by atoms with Gasteiger partial charge >= 0.3 is 0 Å². The minimum atomic E-state index is -0.304. The Hall–Kier alpha value is -2.28. The number of fused-ring (bicyclic) bond motifs is 1. The molecule has 2 aliphatic rings. The number of aromatic nitrogens is 1. The van der Waals surface area contributed by atoms with Gasteiger partial charge in [-0.25, -0.2) is 9.37 Å². The van der Waals surface area contributed by atoms with Crippen molar-refractivity contribution in [3.63, 3.8) is 0 Å². The Morgan fingerprint density at radius 2 is 2.00 bits per heavy atom. The second-order valence-electron chi connectivity index (χ2n) is 7.45. The molecule has 0 aliphatic carbocycles. The monoisotopic (exact) mass is 387 g/mol. The fourth-order valence-corrected chi connectivity index (χ4v) is 5.41. The fraction of sp³-hybridized carbons (Fsp3) is 0.450. The maximum Gasteiger partial charge on any atom is 0.265 e. The SMILES string of the molecule is CC(=O)N1C[C@H]2CN(C(=O)c3sc(C)nc3C)C[C@H]2[C@H]1c1cccc(F)c1. The molecule has 3 heterocycles. The number of hydrogen-bond acceptors (Lipinski definition) is 4. The van der Waals surface area contributed by atoms with Gasteiger partial charge in [-0.1, -0.05) is 12.1 Å². The Morgan fingerprint density at radius 1 is 1.22 bits per heavy atom. The number of likely N-dealkylation sites (tertiary alicyclic amines) is 2. The minimum Gasteiger partial charge on any atom is -0.337 e. The highest BCUT2D eigenvalue weighted by Crippen LogP contribution is 2.45. The van der Waals surface area contributed by atoms with Gasteiger partial charge in [-0.15, -0.1) is 11.3 Å². The van der Waals surface area contributed by atoms with Gasteiger partial charge in [-0.3, -0.25) is 9.59 Å². The summed E-state index contributed by atoms with van der Waals surface area (Å²) in [4.78, 5) is 33.9. The minimum absolute atomic E-state index is 0.00883. The van der Waals surface area contributed by atoms with Crippen LogP contribution in [0.1, 0.15) is 38.9 Å². The first-order valence-electron chi connectivity index (χ1n) is 9.11. The molecule has 2 amide bonds. The molecule has 4 rings (SSSR count). The first-order valence-corrected chi connectivity index (χ1v) is 9.92. The molecule has 7 heteroatoms. The number of halogens is 1. The van der Waals surface area contributed by atoms with E-state index in [4.69, 9.17) is 0 Å². The molecule has 0 radical (unpaired) electrons. The van der Waals surface area contributed by atoms with E-state index < -0.39 is 0 Å². The first kappa shape index (κ1) is 18.1. The average molecular weight is 387 g/mol. The molecule has 0 unspecified atom stereocenters. The molecule has 142 valence electrons. The summed E-state index contributed by atoms with van der Waals surface area (Å²) in [6.45, 7) is 7.12. The zero-order valence-corrected chi connectivity index (χ0v) is 16.4. The summed E-state index contributed by atoms with van der Waals surface area (Å²) in [5, 5.41) is 0.885. The Morgan fingerprint density at radius 3 is 2.63 bits per heavy atom. The summed E-state index contributed by atoms with van der Waals surface area (Å²) in [5.74, 6) is 0.0286. The van der Waals surface area contributed by atoms with Gasteiger partial charge in [0, 0.05) is 38.4 Å². The van der Waals surface area contributed by atoms with Gasteiger partial charge in [0.25, 0.3) is 5.91 Å². The van der Waals surface area contributed by atoms with E-state index in [0.29, 0.717) is 24.5 Å².